The molecular formula is C22H25N5O2. The molecule has 7 nitrogen and oxygen atoms in total. The summed E-state index contributed by atoms with van der Waals surface area (Å²) < 4.78 is 1.46. The van der Waals surface area contributed by atoms with E-state index in [1.165, 1.54) is 4.68 Å². The molecule has 4 rings (SSSR count). The average Bonchev–Trinajstić information content (AvgIpc) is 3.43. The fourth-order valence-corrected chi connectivity index (χ4v) is 3.82. The average molecular weight is 391 g/mol. The Kier molecular flexibility index (Phi) is 5.55. The highest BCUT2D eigenvalue weighted by atomic mass is 16.2. The van der Waals surface area contributed by atoms with Crippen molar-refractivity contribution in [1.82, 2.24) is 19.9 Å². The third-order valence-electron chi connectivity index (χ3n) is 5.26. The zero-order chi connectivity index (χ0) is 20.2. The van der Waals surface area contributed by atoms with Crippen LogP contribution in [0, 0.1) is 0 Å². The van der Waals surface area contributed by atoms with Crippen molar-refractivity contribution in [3.8, 4) is 0 Å². The van der Waals surface area contributed by atoms with Crippen LogP contribution in [0.5, 0.6) is 0 Å². The quantitative estimate of drug-likeness (QED) is 0.647. The number of rotatable bonds is 6. The maximum absolute atomic E-state index is 13.2. The number of aromatic nitrogens is 3. The SMILES string of the molecule is CCCN(C(=O)c1cn(CC(=O)N2CCCC2)nn1)c1cccc2ccccc12. The van der Waals surface area contributed by atoms with E-state index < -0.39 is 0 Å². The van der Waals surface area contributed by atoms with Crippen LogP contribution in [0.3, 0.4) is 0 Å². The van der Waals surface area contributed by atoms with Crippen molar-refractivity contribution in [2.45, 2.75) is 32.7 Å². The molecule has 0 unspecified atom stereocenters. The molecule has 0 N–H and O–H groups in total. The number of anilines is 1. The van der Waals surface area contributed by atoms with Crippen molar-refractivity contribution < 1.29 is 9.59 Å². The molecule has 3 aromatic rings. The van der Waals surface area contributed by atoms with Gasteiger partial charge in [-0.25, -0.2) is 4.68 Å². The van der Waals surface area contributed by atoms with Crippen molar-refractivity contribution >= 4 is 28.3 Å². The van der Waals surface area contributed by atoms with Gasteiger partial charge in [0.2, 0.25) is 5.91 Å². The van der Waals surface area contributed by atoms with Crippen LogP contribution < -0.4 is 4.90 Å². The van der Waals surface area contributed by atoms with Gasteiger partial charge < -0.3 is 9.80 Å². The molecule has 7 heteroatoms. The van der Waals surface area contributed by atoms with Crippen LogP contribution in [0.2, 0.25) is 0 Å². The number of nitrogens with zero attached hydrogens (tertiary/aromatic N) is 5. The molecule has 0 aliphatic carbocycles. The standard InChI is InChI=1S/C22H25N5O2/c1-2-12-27(20-11-7-9-17-8-3-4-10-18(17)20)22(29)19-15-26(24-23-19)16-21(28)25-13-5-6-14-25/h3-4,7-11,15H,2,5-6,12-14,16H2,1H3. The molecule has 0 spiro atoms. The van der Waals surface area contributed by atoms with E-state index in [2.05, 4.69) is 10.3 Å². The van der Waals surface area contributed by atoms with Gasteiger partial charge >= 0.3 is 0 Å². The lowest BCUT2D eigenvalue weighted by atomic mass is 10.1. The minimum Gasteiger partial charge on any atom is -0.341 e. The van der Waals surface area contributed by atoms with Crippen LogP contribution in [0.4, 0.5) is 5.69 Å². The van der Waals surface area contributed by atoms with Gasteiger partial charge in [-0.05, 0) is 30.7 Å². The van der Waals surface area contributed by atoms with Crippen LogP contribution in [0.25, 0.3) is 10.8 Å². The van der Waals surface area contributed by atoms with Crippen LogP contribution >= 0.6 is 0 Å². The normalized spacial score (nSPS) is 13.8. The fraction of sp³-hybridized carbons (Fsp3) is 0.364. The van der Waals surface area contributed by atoms with Gasteiger partial charge in [0.15, 0.2) is 5.69 Å². The second kappa shape index (κ2) is 8.43. The molecule has 1 aliphatic heterocycles. The summed E-state index contributed by atoms with van der Waals surface area (Å²) in [6.07, 6.45) is 4.48. The highest BCUT2D eigenvalue weighted by molar-refractivity contribution is 6.09. The Morgan fingerprint density at radius 1 is 1.07 bits per heavy atom. The Morgan fingerprint density at radius 3 is 2.62 bits per heavy atom. The second-order valence-electron chi connectivity index (χ2n) is 7.34. The molecule has 1 aromatic heterocycles. The Bertz CT molecular complexity index is 1020. The van der Waals surface area contributed by atoms with E-state index in [0.29, 0.717) is 6.54 Å². The van der Waals surface area contributed by atoms with E-state index in [1.54, 1.807) is 11.1 Å². The molecule has 2 aromatic carbocycles. The van der Waals surface area contributed by atoms with Gasteiger partial charge in [0.1, 0.15) is 6.54 Å². The van der Waals surface area contributed by atoms with Gasteiger partial charge in [-0.3, -0.25) is 9.59 Å². The molecule has 1 fully saturated rings. The lowest BCUT2D eigenvalue weighted by Crippen LogP contribution is -2.32. The molecule has 1 aliphatic rings. The highest BCUT2D eigenvalue weighted by Crippen LogP contribution is 2.28. The predicted octanol–water partition coefficient (Wildman–Crippen LogP) is 3.11. The van der Waals surface area contributed by atoms with Crippen LogP contribution in [0.1, 0.15) is 36.7 Å². The summed E-state index contributed by atoms with van der Waals surface area (Å²) in [7, 11) is 0. The van der Waals surface area contributed by atoms with Crippen LogP contribution in [-0.2, 0) is 11.3 Å². The van der Waals surface area contributed by atoms with Crippen molar-refractivity contribution in [3.63, 3.8) is 0 Å². The Morgan fingerprint density at radius 2 is 1.83 bits per heavy atom. The fourth-order valence-electron chi connectivity index (χ4n) is 3.82. The van der Waals surface area contributed by atoms with E-state index in [0.717, 1.165) is 48.8 Å². The van der Waals surface area contributed by atoms with E-state index >= 15 is 0 Å². The predicted molar refractivity (Wildman–Crippen MR) is 112 cm³/mol. The minimum absolute atomic E-state index is 0.0193. The van der Waals surface area contributed by atoms with Gasteiger partial charge in [0, 0.05) is 25.0 Å². The number of benzene rings is 2. The van der Waals surface area contributed by atoms with Crippen LogP contribution in [-0.4, -0.2) is 51.3 Å². The van der Waals surface area contributed by atoms with E-state index in [9.17, 15) is 9.59 Å². The number of amides is 2. The minimum atomic E-state index is -0.205. The maximum Gasteiger partial charge on any atom is 0.280 e. The monoisotopic (exact) mass is 391 g/mol. The third-order valence-corrected chi connectivity index (χ3v) is 5.26. The topological polar surface area (TPSA) is 71.3 Å². The summed E-state index contributed by atoms with van der Waals surface area (Å²) in [5, 5.41) is 10.2. The number of carbonyl (C=O) groups is 2. The number of fused-ring (bicyclic) bond motifs is 1. The summed E-state index contributed by atoms with van der Waals surface area (Å²) in [6, 6.07) is 14.0. The second-order valence-corrected chi connectivity index (χ2v) is 7.34. The largest absolute Gasteiger partial charge is 0.341 e. The molecule has 1 saturated heterocycles. The molecule has 150 valence electrons. The van der Waals surface area contributed by atoms with Gasteiger partial charge in [-0.2, -0.15) is 0 Å². The van der Waals surface area contributed by atoms with Gasteiger partial charge in [-0.15, -0.1) is 5.10 Å². The van der Waals surface area contributed by atoms with Gasteiger partial charge in [0.05, 0.1) is 11.9 Å². The molecule has 0 radical (unpaired) electrons. The molecule has 29 heavy (non-hydrogen) atoms. The number of likely N-dealkylation sites (tertiary alicyclic amines) is 1. The first-order valence-electron chi connectivity index (χ1n) is 10.1. The van der Waals surface area contributed by atoms with Crippen molar-refractivity contribution in [1.29, 1.82) is 0 Å². The first-order chi connectivity index (χ1) is 14.2. The summed E-state index contributed by atoms with van der Waals surface area (Å²) in [6.45, 7) is 4.32. The third kappa shape index (κ3) is 3.99. The maximum atomic E-state index is 13.2. The number of hydrogen-bond donors (Lipinski definition) is 0. The molecule has 0 atom stereocenters. The zero-order valence-electron chi connectivity index (χ0n) is 16.6. The lowest BCUT2D eigenvalue weighted by molar-refractivity contribution is -0.130. The molecule has 2 amide bonds. The zero-order valence-corrected chi connectivity index (χ0v) is 16.6. The molecule has 0 saturated carbocycles. The van der Waals surface area contributed by atoms with Gasteiger partial charge in [0.25, 0.3) is 5.91 Å². The number of hydrogen-bond acceptors (Lipinski definition) is 4. The van der Waals surface area contributed by atoms with Crippen molar-refractivity contribution in [2.75, 3.05) is 24.5 Å². The molecule has 2 heterocycles. The van der Waals surface area contributed by atoms with Crippen molar-refractivity contribution in [3.05, 3.63) is 54.4 Å². The number of carbonyl (C=O) groups excluding carboxylic acids is 2. The Labute approximate surface area is 169 Å². The van der Waals surface area contributed by atoms with Crippen LogP contribution in [0.15, 0.2) is 48.7 Å². The first kappa shape index (κ1) is 19.1. The Hall–Kier alpha value is -3.22. The van der Waals surface area contributed by atoms with Crippen molar-refractivity contribution in [2.24, 2.45) is 0 Å². The Balaban J connectivity index is 1.58. The summed E-state index contributed by atoms with van der Waals surface area (Å²) in [5.41, 5.74) is 1.11. The van der Waals surface area contributed by atoms with E-state index in [4.69, 9.17) is 0 Å². The summed E-state index contributed by atoms with van der Waals surface area (Å²) >= 11 is 0. The van der Waals surface area contributed by atoms with Gasteiger partial charge in [-0.1, -0.05) is 48.5 Å². The summed E-state index contributed by atoms with van der Waals surface area (Å²) in [5.74, 6) is -0.186. The molecular weight excluding hydrogens is 366 g/mol. The van der Waals surface area contributed by atoms with E-state index in [-0.39, 0.29) is 24.1 Å². The van der Waals surface area contributed by atoms with E-state index in [1.807, 2.05) is 54.3 Å². The summed E-state index contributed by atoms with van der Waals surface area (Å²) in [4.78, 5) is 29.2. The smallest absolute Gasteiger partial charge is 0.280 e. The highest BCUT2D eigenvalue weighted by Gasteiger charge is 2.23. The first-order valence-corrected chi connectivity index (χ1v) is 10.1. The lowest BCUT2D eigenvalue weighted by Gasteiger charge is -2.23. The molecule has 0 bridgehead atoms.